The number of aliphatic imine (C=N–C) groups is 1. The molecule has 1 aliphatic rings. The van der Waals surface area contributed by atoms with Gasteiger partial charge in [-0.2, -0.15) is 0 Å². The maximum Gasteiger partial charge on any atom is 0.209 e. The molecule has 0 aromatic rings. The molecule has 2 unspecified atom stereocenters. The molecule has 142 valence electrons. The number of quaternary nitrogens is 1. The normalized spacial score (nSPS) is 20.5. The molecule has 0 aromatic heterocycles. The summed E-state index contributed by atoms with van der Waals surface area (Å²) >= 11 is 0. The molecule has 0 amide bonds. The summed E-state index contributed by atoms with van der Waals surface area (Å²) in [6.07, 6.45) is 18.3. The average molecular weight is 350 g/mol. The summed E-state index contributed by atoms with van der Waals surface area (Å²) in [5.41, 5.74) is 6.04. The molecule has 0 saturated carbocycles. The van der Waals surface area contributed by atoms with Crippen molar-refractivity contribution in [2.75, 3.05) is 6.54 Å². The lowest BCUT2D eigenvalue weighted by Crippen LogP contribution is -2.60. The molecule has 5 nitrogen and oxygen atoms in total. The van der Waals surface area contributed by atoms with Gasteiger partial charge in [0, 0.05) is 13.3 Å². The van der Waals surface area contributed by atoms with Gasteiger partial charge < -0.3 is 9.90 Å². The van der Waals surface area contributed by atoms with Gasteiger partial charge >= 0.3 is 0 Å². The third-order valence-electron chi connectivity index (χ3n) is 4.96. The second-order valence-electron chi connectivity index (χ2n) is 7.05. The van der Waals surface area contributed by atoms with Crippen LogP contribution in [0.25, 0.3) is 0 Å². The highest BCUT2D eigenvalue weighted by molar-refractivity contribution is 5.81. The van der Waals surface area contributed by atoms with Crippen molar-refractivity contribution in [2.24, 2.45) is 10.7 Å². The highest BCUT2D eigenvalue weighted by atomic mass is 16.4. The molecule has 25 heavy (non-hydrogen) atoms. The topological polar surface area (TPSA) is 78.5 Å². The summed E-state index contributed by atoms with van der Waals surface area (Å²) in [5, 5.41) is 11.1. The summed E-state index contributed by atoms with van der Waals surface area (Å²) in [7, 11) is 0. The van der Waals surface area contributed by atoms with Crippen LogP contribution in [0.5, 0.6) is 0 Å². The van der Waals surface area contributed by atoms with Crippen molar-refractivity contribution >= 4 is 11.8 Å². The Labute approximate surface area is 152 Å². The zero-order valence-corrected chi connectivity index (χ0v) is 15.8. The Morgan fingerprint density at radius 3 is 2.28 bits per heavy atom. The largest absolute Gasteiger partial charge is 0.544 e. The highest BCUT2D eigenvalue weighted by Crippen LogP contribution is 2.23. The van der Waals surface area contributed by atoms with E-state index in [1.54, 1.807) is 12.4 Å². The lowest BCUT2D eigenvalue weighted by Gasteiger charge is -2.36. The van der Waals surface area contributed by atoms with Crippen molar-refractivity contribution in [3.05, 3.63) is 25.1 Å². The molecule has 5 heteroatoms. The van der Waals surface area contributed by atoms with E-state index in [9.17, 15) is 9.90 Å². The number of carbonyl (C=O) groups excluding carboxylic acids is 1. The van der Waals surface area contributed by atoms with Crippen molar-refractivity contribution in [3.63, 3.8) is 0 Å². The Balaban J connectivity index is 2.17. The molecule has 1 heterocycles. The first-order valence-corrected chi connectivity index (χ1v) is 9.71. The van der Waals surface area contributed by atoms with Gasteiger partial charge in [0.05, 0.1) is 12.2 Å². The quantitative estimate of drug-likeness (QED) is 0.280. The van der Waals surface area contributed by atoms with Gasteiger partial charge in [-0.05, 0) is 19.3 Å². The first-order chi connectivity index (χ1) is 12.0. The van der Waals surface area contributed by atoms with Gasteiger partial charge in [-0.3, -0.25) is 5.73 Å². The van der Waals surface area contributed by atoms with Crippen LogP contribution in [0.3, 0.4) is 0 Å². The molecular weight excluding hydrogens is 314 g/mol. The van der Waals surface area contributed by atoms with E-state index < -0.39 is 5.97 Å². The number of rotatable bonds is 15. The minimum Gasteiger partial charge on any atom is -0.544 e. The number of nitrogens with two attached hydrogens (primary N) is 1. The Bertz CT molecular complexity index is 472. The first-order valence-electron chi connectivity index (χ1n) is 9.71. The fourth-order valence-electron chi connectivity index (χ4n) is 3.39. The van der Waals surface area contributed by atoms with Crippen LogP contribution in [0.15, 0.2) is 30.0 Å². The molecule has 1 aliphatic heterocycles. The van der Waals surface area contributed by atoms with Gasteiger partial charge in [0.1, 0.15) is 18.9 Å². The number of hydrogen-bond acceptors (Lipinski definition) is 4. The monoisotopic (exact) mass is 349 g/mol. The number of hydrogen-bond donors (Lipinski definition) is 1. The molecule has 0 spiro atoms. The zero-order chi connectivity index (χ0) is 18.5. The Morgan fingerprint density at radius 2 is 1.76 bits per heavy atom. The lowest BCUT2D eigenvalue weighted by atomic mass is 10.0. The third-order valence-corrected chi connectivity index (χ3v) is 4.96. The number of aliphatic carboxylic acids is 1. The summed E-state index contributed by atoms with van der Waals surface area (Å²) in [6.45, 7) is 5.43. The number of unbranched alkanes of at least 4 members (excludes halogenated alkanes) is 9. The second kappa shape index (κ2) is 12.0. The number of allylic oxidation sites excluding steroid dienone is 1. The van der Waals surface area contributed by atoms with E-state index >= 15 is 0 Å². The average Bonchev–Trinajstić information content (AvgIpc) is 2.96. The summed E-state index contributed by atoms with van der Waals surface area (Å²) < 4.78 is 0.104. The molecule has 2 atom stereocenters. The fraction of sp³-hybridized carbons (Fsp3) is 0.700. The van der Waals surface area contributed by atoms with E-state index in [1.807, 2.05) is 13.0 Å². The van der Waals surface area contributed by atoms with Gasteiger partial charge in [-0.1, -0.05) is 51.0 Å². The van der Waals surface area contributed by atoms with Gasteiger partial charge in [-0.25, -0.2) is 9.48 Å². The van der Waals surface area contributed by atoms with E-state index in [2.05, 4.69) is 11.6 Å². The van der Waals surface area contributed by atoms with Gasteiger partial charge in [0.15, 0.2) is 0 Å². The second-order valence-corrected chi connectivity index (χ2v) is 7.05. The van der Waals surface area contributed by atoms with Crippen molar-refractivity contribution in [1.82, 2.24) is 0 Å². The van der Waals surface area contributed by atoms with Crippen LogP contribution in [0.4, 0.5) is 0 Å². The molecule has 0 radical (unpaired) electrons. The van der Waals surface area contributed by atoms with Crippen LogP contribution >= 0.6 is 0 Å². The van der Waals surface area contributed by atoms with Gasteiger partial charge in [0.25, 0.3) is 0 Å². The van der Waals surface area contributed by atoms with Crippen molar-refractivity contribution in [3.8, 4) is 0 Å². The van der Waals surface area contributed by atoms with E-state index in [1.165, 1.54) is 44.9 Å². The lowest BCUT2D eigenvalue weighted by molar-refractivity contribution is -0.808. The molecule has 1 rings (SSSR count). The smallest absolute Gasteiger partial charge is 0.209 e. The number of amidine groups is 1. The van der Waals surface area contributed by atoms with E-state index in [0.29, 0.717) is 0 Å². The fourth-order valence-corrected chi connectivity index (χ4v) is 3.39. The van der Waals surface area contributed by atoms with Gasteiger partial charge in [0.2, 0.25) is 5.84 Å². The maximum atomic E-state index is 11.1. The van der Waals surface area contributed by atoms with Crippen molar-refractivity contribution in [1.29, 1.82) is 0 Å². The molecule has 0 fully saturated rings. The van der Waals surface area contributed by atoms with E-state index in [4.69, 9.17) is 5.73 Å². The summed E-state index contributed by atoms with van der Waals surface area (Å²) in [5.74, 6) is -0.244. The van der Waals surface area contributed by atoms with Crippen LogP contribution in [0, 0.1) is 0 Å². The minimum absolute atomic E-state index is 0.104. The standard InChI is InChI=1S/C20H35N3O2/c1-3-4-5-6-7-8-9-10-11-12-13-14-19-22-15-16-23(19,18(2)21)17-20(24)25/h3,15-16,18H,1,4-14,17,21H2,2H3. The van der Waals surface area contributed by atoms with E-state index in [0.717, 1.165) is 31.5 Å². The van der Waals surface area contributed by atoms with Crippen LogP contribution in [-0.4, -0.2) is 29.0 Å². The molecule has 2 N–H and O–H groups in total. The SMILES string of the molecule is C=CCCCCCCCCCCCC1=NC=C[N+]1(CC(=O)[O-])C(C)N. The zero-order valence-electron chi connectivity index (χ0n) is 15.8. The van der Waals surface area contributed by atoms with Crippen LogP contribution in [-0.2, 0) is 4.79 Å². The van der Waals surface area contributed by atoms with Crippen LogP contribution in [0.2, 0.25) is 0 Å². The number of carbonyl (C=O) groups is 1. The Hall–Kier alpha value is -1.46. The predicted molar refractivity (Wildman–Crippen MR) is 101 cm³/mol. The molecule has 0 aliphatic carbocycles. The van der Waals surface area contributed by atoms with Gasteiger partial charge in [-0.15, -0.1) is 6.58 Å². The van der Waals surface area contributed by atoms with Crippen LogP contribution in [0.1, 0.15) is 77.6 Å². The maximum absolute atomic E-state index is 11.1. The van der Waals surface area contributed by atoms with Crippen LogP contribution < -0.4 is 10.8 Å². The molecule has 0 saturated heterocycles. The Morgan fingerprint density at radius 1 is 1.20 bits per heavy atom. The highest BCUT2D eigenvalue weighted by Gasteiger charge is 2.38. The molecular formula is C20H35N3O2. The predicted octanol–water partition coefficient (Wildman–Crippen LogP) is 3.22. The minimum atomic E-state index is -1.09. The van der Waals surface area contributed by atoms with Crippen molar-refractivity contribution < 1.29 is 14.4 Å². The number of carboxylic acid groups (broad SMARTS) is 1. The number of carboxylic acids is 1. The first kappa shape index (κ1) is 21.6. The summed E-state index contributed by atoms with van der Waals surface area (Å²) in [6, 6.07) is 0. The third kappa shape index (κ3) is 7.53. The van der Waals surface area contributed by atoms with E-state index in [-0.39, 0.29) is 17.2 Å². The molecule has 0 bridgehead atoms. The number of nitrogens with zero attached hydrogens (tertiary/aromatic N) is 2. The Kier molecular flexibility index (Phi) is 10.3. The summed E-state index contributed by atoms with van der Waals surface area (Å²) in [4.78, 5) is 15.5. The van der Waals surface area contributed by atoms with Crippen molar-refractivity contribution in [2.45, 2.75) is 83.7 Å². The molecule has 0 aromatic carbocycles.